The molecule has 0 saturated carbocycles. The van der Waals surface area contributed by atoms with Crippen LogP contribution in [0.25, 0.3) is 0 Å². The highest BCUT2D eigenvalue weighted by Gasteiger charge is 2.32. The molecule has 1 heterocycles. The van der Waals surface area contributed by atoms with Crippen molar-refractivity contribution in [2.45, 2.75) is 51.7 Å². The fourth-order valence-electron chi connectivity index (χ4n) is 1.66. The third kappa shape index (κ3) is 3.51. The van der Waals surface area contributed by atoms with Gasteiger partial charge in [0.2, 0.25) is 0 Å². The Hall–Kier alpha value is -1.06. The Bertz CT molecular complexity index is 273. The quantitative estimate of drug-likeness (QED) is 0.644. The lowest BCUT2D eigenvalue weighted by molar-refractivity contribution is 0.0178. The van der Waals surface area contributed by atoms with Crippen molar-refractivity contribution in [3.63, 3.8) is 0 Å². The van der Waals surface area contributed by atoms with Crippen LogP contribution in [0.3, 0.4) is 0 Å². The number of piperidine rings is 1. The van der Waals surface area contributed by atoms with E-state index < -0.39 is 5.60 Å². The predicted octanol–water partition coefficient (Wildman–Crippen LogP) is 2.48. The second-order valence-electron chi connectivity index (χ2n) is 5.62. The summed E-state index contributed by atoms with van der Waals surface area (Å²) in [4.78, 5) is 17.6. The number of hydrogen-bond acceptors (Lipinski definition) is 3. The van der Waals surface area contributed by atoms with Crippen LogP contribution in [0.1, 0.15) is 40.5 Å². The Morgan fingerprint density at radius 3 is 2.25 bits per heavy atom. The zero-order valence-electron chi connectivity index (χ0n) is 10.7. The number of carbonyl (C=O) groups excluding carboxylic acids is 1. The van der Waals surface area contributed by atoms with Crippen LogP contribution >= 0.6 is 0 Å². The van der Waals surface area contributed by atoms with Gasteiger partial charge in [-0.05, 0) is 47.3 Å². The SMILES string of the molecule is C=NC1(C)CCN(C(=O)OC(C)(C)C)CC1. The number of carbonyl (C=O) groups is 1. The molecule has 0 aromatic carbocycles. The molecule has 0 aromatic rings. The monoisotopic (exact) mass is 226 g/mol. The maximum Gasteiger partial charge on any atom is 0.410 e. The third-order valence-corrected chi connectivity index (χ3v) is 2.87. The normalized spacial score (nSPS) is 20.4. The van der Waals surface area contributed by atoms with E-state index in [0.717, 1.165) is 12.8 Å². The molecule has 16 heavy (non-hydrogen) atoms. The summed E-state index contributed by atoms with van der Waals surface area (Å²) in [5, 5.41) is 0. The fraction of sp³-hybridized carbons (Fsp3) is 0.833. The molecule has 0 unspecified atom stereocenters. The minimum absolute atomic E-state index is 0.0709. The Balaban J connectivity index is 2.48. The molecular formula is C12H22N2O2. The highest BCUT2D eigenvalue weighted by molar-refractivity contribution is 5.68. The lowest BCUT2D eigenvalue weighted by atomic mass is 9.91. The maximum absolute atomic E-state index is 11.8. The zero-order valence-corrected chi connectivity index (χ0v) is 10.7. The highest BCUT2D eigenvalue weighted by atomic mass is 16.6. The molecule has 0 aliphatic carbocycles. The van der Waals surface area contributed by atoms with E-state index in [4.69, 9.17) is 4.74 Å². The Labute approximate surface area is 97.7 Å². The number of ether oxygens (including phenoxy) is 1. The molecule has 92 valence electrons. The summed E-state index contributed by atoms with van der Waals surface area (Å²) >= 11 is 0. The number of amides is 1. The number of nitrogens with zero attached hydrogens (tertiary/aromatic N) is 2. The van der Waals surface area contributed by atoms with E-state index in [2.05, 4.69) is 18.6 Å². The van der Waals surface area contributed by atoms with Crippen molar-refractivity contribution in [2.24, 2.45) is 4.99 Å². The second-order valence-corrected chi connectivity index (χ2v) is 5.62. The van der Waals surface area contributed by atoms with E-state index >= 15 is 0 Å². The maximum atomic E-state index is 11.8. The first-order valence-corrected chi connectivity index (χ1v) is 5.72. The van der Waals surface area contributed by atoms with Gasteiger partial charge in [0.1, 0.15) is 5.60 Å². The summed E-state index contributed by atoms with van der Waals surface area (Å²) in [7, 11) is 0. The molecule has 1 fully saturated rings. The zero-order chi connectivity index (χ0) is 12.4. The number of likely N-dealkylation sites (tertiary alicyclic amines) is 1. The van der Waals surface area contributed by atoms with Crippen LogP contribution in [-0.2, 0) is 4.74 Å². The molecular weight excluding hydrogens is 204 g/mol. The Morgan fingerprint density at radius 1 is 1.38 bits per heavy atom. The molecule has 4 nitrogen and oxygen atoms in total. The van der Waals surface area contributed by atoms with Crippen LogP contribution in [0.15, 0.2) is 4.99 Å². The van der Waals surface area contributed by atoms with Crippen LogP contribution in [-0.4, -0.2) is 41.9 Å². The van der Waals surface area contributed by atoms with Crippen LogP contribution < -0.4 is 0 Å². The summed E-state index contributed by atoms with van der Waals surface area (Å²) in [6.07, 6.45) is 1.49. The number of aliphatic imine (C=N–C) groups is 1. The van der Waals surface area contributed by atoms with Gasteiger partial charge in [-0.3, -0.25) is 4.99 Å². The molecule has 0 radical (unpaired) electrons. The average Bonchev–Trinajstić information content (AvgIpc) is 2.16. The summed E-state index contributed by atoms with van der Waals surface area (Å²) in [5.74, 6) is 0. The Morgan fingerprint density at radius 2 is 1.88 bits per heavy atom. The van der Waals surface area contributed by atoms with Crippen molar-refractivity contribution in [2.75, 3.05) is 13.1 Å². The Kier molecular flexibility index (Phi) is 3.61. The predicted molar refractivity (Wildman–Crippen MR) is 65.0 cm³/mol. The largest absolute Gasteiger partial charge is 0.444 e. The van der Waals surface area contributed by atoms with Crippen molar-refractivity contribution in [1.82, 2.24) is 4.90 Å². The number of hydrogen-bond donors (Lipinski definition) is 0. The van der Waals surface area contributed by atoms with Gasteiger partial charge in [-0.15, -0.1) is 0 Å². The first-order valence-electron chi connectivity index (χ1n) is 5.72. The lowest BCUT2D eigenvalue weighted by Gasteiger charge is -2.37. The molecule has 0 atom stereocenters. The van der Waals surface area contributed by atoms with Gasteiger partial charge >= 0.3 is 6.09 Å². The van der Waals surface area contributed by atoms with Crippen LogP contribution in [0.2, 0.25) is 0 Å². The van der Waals surface area contributed by atoms with E-state index in [0.29, 0.717) is 13.1 Å². The minimum Gasteiger partial charge on any atom is -0.444 e. The lowest BCUT2D eigenvalue weighted by Crippen LogP contribution is -2.46. The van der Waals surface area contributed by atoms with Crippen LogP contribution in [0, 0.1) is 0 Å². The molecule has 1 aliphatic heterocycles. The molecule has 0 N–H and O–H groups in total. The van der Waals surface area contributed by atoms with Crippen molar-refractivity contribution in [3.05, 3.63) is 0 Å². The summed E-state index contributed by atoms with van der Waals surface area (Å²) < 4.78 is 5.32. The van der Waals surface area contributed by atoms with Gasteiger partial charge in [-0.2, -0.15) is 0 Å². The van der Waals surface area contributed by atoms with Gasteiger partial charge in [-0.25, -0.2) is 4.79 Å². The van der Waals surface area contributed by atoms with E-state index in [9.17, 15) is 4.79 Å². The van der Waals surface area contributed by atoms with Gasteiger partial charge in [0.05, 0.1) is 5.54 Å². The molecule has 0 bridgehead atoms. The average molecular weight is 226 g/mol. The molecule has 1 saturated heterocycles. The molecule has 1 amide bonds. The van der Waals surface area contributed by atoms with Gasteiger partial charge in [-0.1, -0.05) is 0 Å². The van der Waals surface area contributed by atoms with Crippen LogP contribution in [0.4, 0.5) is 4.79 Å². The first-order chi connectivity index (χ1) is 7.26. The first kappa shape index (κ1) is 13.0. The third-order valence-electron chi connectivity index (χ3n) is 2.87. The molecule has 0 spiro atoms. The highest BCUT2D eigenvalue weighted by Crippen LogP contribution is 2.26. The van der Waals surface area contributed by atoms with Crippen molar-refractivity contribution >= 4 is 12.8 Å². The van der Waals surface area contributed by atoms with Crippen molar-refractivity contribution in [3.8, 4) is 0 Å². The summed E-state index contributed by atoms with van der Waals surface area (Å²) in [5.41, 5.74) is -0.493. The number of rotatable bonds is 1. The topological polar surface area (TPSA) is 41.9 Å². The molecule has 4 heteroatoms. The van der Waals surface area contributed by atoms with E-state index in [1.165, 1.54) is 0 Å². The summed E-state index contributed by atoms with van der Waals surface area (Å²) in [6, 6.07) is 0. The van der Waals surface area contributed by atoms with Crippen molar-refractivity contribution in [1.29, 1.82) is 0 Å². The van der Waals surface area contributed by atoms with Gasteiger partial charge in [0.25, 0.3) is 0 Å². The molecule has 0 aromatic heterocycles. The van der Waals surface area contributed by atoms with Gasteiger partial charge < -0.3 is 9.64 Å². The fourth-order valence-corrected chi connectivity index (χ4v) is 1.66. The summed E-state index contributed by atoms with van der Waals surface area (Å²) in [6.45, 7) is 12.7. The smallest absolute Gasteiger partial charge is 0.410 e. The van der Waals surface area contributed by atoms with Crippen LogP contribution in [0.5, 0.6) is 0 Å². The van der Waals surface area contributed by atoms with E-state index in [1.807, 2.05) is 20.8 Å². The van der Waals surface area contributed by atoms with Gasteiger partial charge in [0, 0.05) is 13.1 Å². The van der Waals surface area contributed by atoms with E-state index in [1.54, 1.807) is 4.90 Å². The molecule has 1 aliphatic rings. The standard InChI is InChI=1S/C12H22N2O2/c1-11(2,3)16-10(15)14-8-6-12(4,13-5)7-9-14/h5-9H2,1-4H3. The molecule has 1 rings (SSSR count). The van der Waals surface area contributed by atoms with Crippen molar-refractivity contribution < 1.29 is 9.53 Å². The van der Waals surface area contributed by atoms with E-state index in [-0.39, 0.29) is 11.6 Å². The minimum atomic E-state index is -0.422. The van der Waals surface area contributed by atoms with Gasteiger partial charge in [0.15, 0.2) is 0 Å². The second kappa shape index (κ2) is 4.44.